The number of halogens is 1. The fourth-order valence-electron chi connectivity index (χ4n) is 3.51. The van der Waals surface area contributed by atoms with Gasteiger partial charge in [0.15, 0.2) is 11.5 Å². The van der Waals surface area contributed by atoms with Crippen molar-refractivity contribution in [3.63, 3.8) is 0 Å². The summed E-state index contributed by atoms with van der Waals surface area (Å²) in [6.07, 6.45) is 0. The van der Waals surface area contributed by atoms with E-state index in [9.17, 15) is 22.4 Å². The number of rotatable bonds is 9. The van der Waals surface area contributed by atoms with Gasteiger partial charge < -0.3 is 19.7 Å². The highest BCUT2D eigenvalue weighted by atomic mass is 32.2. The third-order valence-corrected chi connectivity index (χ3v) is 7.25. The Morgan fingerprint density at radius 1 is 1.12 bits per heavy atom. The summed E-state index contributed by atoms with van der Waals surface area (Å²) in [4.78, 5) is 26.9. The average Bonchev–Trinajstić information content (AvgIpc) is 2.85. The lowest BCUT2D eigenvalue weighted by Crippen LogP contribution is -2.51. The third-order valence-electron chi connectivity index (χ3n) is 5.51. The number of likely N-dealkylation sites (N-methyl/N-ethyl adjacent to an activating group) is 1. The molecule has 1 heterocycles. The number of anilines is 1. The van der Waals surface area contributed by atoms with Gasteiger partial charge in [0.1, 0.15) is 31.6 Å². The van der Waals surface area contributed by atoms with Crippen molar-refractivity contribution in [1.82, 2.24) is 10.2 Å². The number of hydrogen-bond acceptors (Lipinski definition) is 6. The lowest BCUT2D eigenvalue weighted by atomic mass is 10.1. The van der Waals surface area contributed by atoms with Gasteiger partial charge in [-0.25, -0.2) is 12.8 Å². The molecule has 34 heavy (non-hydrogen) atoms. The minimum atomic E-state index is -3.89. The highest BCUT2D eigenvalue weighted by molar-refractivity contribution is 7.92. The molecule has 11 heteroatoms. The van der Waals surface area contributed by atoms with Gasteiger partial charge in [-0.2, -0.15) is 0 Å². The second kappa shape index (κ2) is 10.7. The Kier molecular flexibility index (Phi) is 7.98. The van der Waals surface area contributed by atoms with Crippen molar-refractivity contribution >= 4 is 27.5 Å². The van der Waals surface area contributed by atoms with Crippen LogP contribution in [0.15, 0.2) is 42.5 Å². The van der Waals surface area contributed by atoms with E-state index in [1.165, 1.54) is 51.2 Å². The normalized spacial score (nSPS) is 13.6. The summed E-state index contributed by atoms with van der Waals surface area (Å²) >= 11 is 0. The number of carbonyl (C=O) groups is 2. The molecule has 0 bridgehead atoms. The Morgan fingerprint density at radius 3 is 2.44 bits per heavy atom. The summed E-state index contributed by atoms with van der Waals surface area (Å²) in [5.74, 6) is -1.07. The summed E-state index contributed by atoms with van der Waals surface area (Å²) in [5, 5.41) is 2.47. The fraction of sp³-hybridized carbons (Fsp3) is 0.391. The van der Waals surface area contributed by atoms with Crippen molar-refractivity contribution in [2.24, 2.45) is 0 Å². The molecule has 0 spiro atoms. The van der Waals surface area contributed by atoms with E-state index in [0.29, 0.717) is 24.7 Å². The number of benzene rings is 2. The maximum Gasteiger partial charge on any atom is 0.244 e. The van der Waals surface area contributed by atoms with Crippen molar-refractivity contribution in [1.29, 1.82) is 0 Å². The molecule has 1 N–H and O–H groups in total. The lowest BCUT2D eigenvalue weighted by Gasteiger charge is -2.32. The van der Waals surface area contributed by atoms with E-state index in [4.69, 9.17) is 9.47 Å². The smallest absolute Gasteiger partial charge is 0.244 e. The van der Waals surface area contributed by atoms with Crippen molar-refractivity contribution in [3.05, 3.63) is 53.8 Å². The zero-order chi connectivity index (χ0) is 24.9. The third kappa shape index (κ3) is 5.58. The van der Waals surface area contributed by atoms with Crippen molar-refractivity contribution in [2.75, 3.05) is 36.9 Å². The molecule has 0 aromatic heterocycles. The van der Waals surface area contributed by atoms with E-state index < -0.39 is 40.2 Å². The quantitative estimate of drug-likeness (QED) is 0.572. The molecule has 1 aliphatic heterocycles. The van der Waals surface area contributed by atoms with Gasteiger partial charge in [-0.05, 0) is 32.0 Å². The first kappa shape index (κ1) is 25.3. The number of sulfonamides is 1. The Morgan fingerprint density at radius 2 is 1.79 bits per heavy atom. The van der Waals surface area contributed by atoms with Crippen LogP contribution in [-0.4, -0.2) is 63.7 Å². The predicted molar refractivity (Wildman–Crippen MR) is 125 cm³/mol. The summed E-state index contributed by atoms with van der Waals surface area (Å²) < 4.78 is 52.2. The maximum atomic E-state index is 14.3. The summed E-state index contributed by atoms with van der Waals surface area (Å²) in [7, 11) is -2.46. The topological polar surface area (TPSA) is 105 Å². The average molecular weight is 494 g/mol. The monoisotopic (exact) mass is 493 g/mol. The van der Waals surface area contributed by atoms with Crippen LogP contribution in [0, 0.1) is 5.82 Å². The predicted octanol–water partition coefficient (Wildman–Crippen LogP) is 1.92. The molecule has 1 aliphatic rings. The summed E-state index contributed by atoms with van der Waals surface area (Å²) in [5.41, 5.74) is 0.425. The van der Waals surface area contributed by atoms with E-state index in [1.807, 2.05) is 0 Å². The van der Waals surface area contributed by atoms with Crippen LogP contribution in [-0.2, 0) is 26.2 Å². The van der Waals surface area contributed by atoms with Gasteiger partial charge in [-0.1, -0.05) is 18.2 Å². The minimum Gasteiger partial charge on any atom is -0.486 e. The van der Waals surface area contributed by atoms with Crippen LogP contribution >= 0.6 is 0 Å². The second-order valence-corrected chi connectivity index (χ2v) is 9.82. The van der Waals surface area contributed by atoms with Crippen molar-refractivity contribution in [3.8, 4) is 11.5 Å². The van der Waals surface area contributed by atoms with E-state index in [1.54, 1.807) is 12.1 Å². The van der Waals surface area contributed by atoms with Crippen molar-refractivity contribution in [2.45, 2.75) is 26.4 Å². The summed E-state index contributed by atoms with van der Waals surface area (Å²) in [6.45, 7) is 2.88. The largest absolute Gasteiger partial charge is 0.486 e. The number of carbonyl (C=O) groups excluding carboxylic acids is 2. The number of nitrogens with one attached hydrogen (secondary N) is 1. The fourth-order valence-corrected chi connectivity index (χ4v) is 4.56. The molecule has 9 nitrogen and oxygen atoms in total. The number of nitrogens with zero attached hydrogens (tertiary/aromatic N) is 2. The Hall–Kier alpha value is -3.34. The van der Waals surface area contributed by atoms with Gasteiger partial charge >= 0.3 is 0 Å². The van der Waals surface area contributed by atoms with Gasteiger partial charge in [0.25, 0.3) is 0 Å². The van der Waals surface area contributed by atoms with Gasteiger partial charge in [0, 0.05) is 25.2 Å². The standard InChI is InChI=1S/C23H28FN3O6S/c1-4-34(30,31)27(18-9-10-20-21(13-18)33-12-11-32-20)15-22(28)26(16(2)23(29)25-3)14-17-7-5-6-8-19(17)24/h5-10,13,16H,4,11-12,14-15H2,1-3H3,(H,25,29). The molecule has 2 aromatic carbocycles. The van der Waals surface area contributed by atoms with Crippen LogP contribution in [0.4, 0.5) is 10.1 Å². The molecule has 3 rings (SSSR count). The van der Waals surface area contributed by atoms with Gasteiger partial charge in [-0.15, -0.1) is 0 Å². The van der Waals surface area contributed by atoms with Crippen molar-refractivity contribution < 1.29 is 31.9 Å². The Balaban J connectivity index is 1.96. The molecule has 2 amide bonds. The maximum absolute atomic E-state index is 14.3. The van der Waals surface area contributed by atoms with Crippen LogP contribution in [0.3, 0.4) is 0 Å². The molecular weight excluding hydrogens is 465 g/mol. The highest BCUT2D eigenvalue weighted by Gasteiger charge is 2.31. The lowest BCUT2D eigenvalue weighted by molar-refractivity contribution is -0.139. The highest BCUT2D eigenvalue weighted by Crippen LogP contribution is 2.35. The zero-order valence-corrected chi connectivity index (χ0v) is 20.1. The zero-order valence-electron chi connectivity index (χ0n) is 19.3. The molecule has 1 atom stereocenters. The Bertz CT molecular complexity index is 1160. The second-order valence-electron chi connectivity index (χ2n) is 7.64. The number of ether oxygens (including phenoxy) is 2. The van der Waals surface area contributed by atoms with Gasteiger partial charge in [-0.3, -0.25) is 13.9 Å². The van der Waals surface area contributed by atoms with E-state index >= 15 is 0 Å². The molecule has 0 fully saturated rings. The molecule has 184 valence electrons. The van der Waals surface area contributed by atoms with Crippen LogP contribution in [0.5, 0.6) is 11.5 Å². The first-order valence-corrected chi connectivity index (χ1v) is 12.4. The molecule has 0 radical (unpaired) electrons. The van der Waals surface area contributed by atoms with Crippen LogP contribution < -0.4 is 19.1 Å². The first-order chi connectivity index (χ1) is 16.2. The summed E-state index contributed by atoms with van der Waals surface area (Å²) in [6, 6.07) is 9.54. The molecular formula is C23H28FN3O6S. The van der Waals surface area contributed by atoms with E-state index in [-0.39, 0.29) is 23.5 Å². The van der Waals surface area contributed by atoms with Crippen LogP contribution in [0.2, 0.25) is 0 Å². The van der Waals surface area contributed by atoms with Gasteiger partial charge in [0.05, 0.1) is 11.4 Å². The van der Waals surface area contributed by atoms with Crippen LogP contribution in [0.1, 0.15) is 19.4 Å². The van der Waals surface area contributed by atoms with Gasteiger partial charge in [0.2, 0.25) is 21.8 Å². The minimum absolute atomic E-state index is 0.204. The SMILES string of the molecule is CCS(=O)(=O)N(CC(=O)N(Cc1ccccc1F)C(C)C(=O)NC)c1ccc2c(c1)OCCO2. The molecule has 0 saturated heterocycles. The molecule has 0 saturated carbocycles. The van der Waals surface area contributed by atoms with Crippen LogP contribution in [0.25, 0.3) is 0 Å². The molecule has 0 aliphatic carbocycles. The number of hydrogen-bond donors (Lipinski definition) is 1. The molecule has 2 aromatic rings. The molecule has 1 unspecified atom stereocenters. The number of amides is 2. The van der Waals surface area contributed by atoms with E-state index in [2.05, 4.69) is 5.32 Å². The first-order valence-electron chi connectivity index (χ1n) is 10.8. The number of fused-ring (bicyclic) bond motifs is 1. The van der Waals surface area contributed by atoms with E-state index in [0.717, 1.165) is 9.21 Å². The Labute approximate surface area is 198 Å².